The number of carboxylic acid groups (broad SMARTS) is 1. The molecule has 0 unspecified atom stereocenters. The summed E-state index contributed by atoms with van der Waals surface area (Å²) < 4.78 is 5.10. The third-order valence-electron chi connectivity index (χ3n) is 3.05. The SMILES string of the molecule is CCN(CC(=O)O)C(=O)c1cnc(-c2ccc(OC)cc2)s1. The van der Waals surface area contributed by atoms with E-state index in [4.69, 9.17) is 9.84 Å². The van der Waals surface area contributed by atoms with Gasteiger partial charge in [-0.25, -0.2) is 4.98 Å². The third kappa shape index (κ3) is 3.62. The van der Waals surface area contributed by atoms with Crippen LogP contribution >= 0.6 is 11.3 Å². The zero-order valence-electron chi connectivity index (χ0n) is 12.3. The summed E-state index contributed by atoms with van der Waals surface area (Å²) in [4.78, 5) is 29.0. The highest BCUT2D eigenvalue weighted by atomic mass is 32.1. The predicted molar refractivity (Wildman–Crippen MR) is 83.3 cm³/mol. The molecule has 0 fully saturated rings. The Balaban J connectivity index is 2.19. The van der Waals surface area contributed by atoms with Gasteiger partial charge in [0.1, 0.15) is 22.2 Å². The van der Waals surface area contributed by atoms with Gasteiger partial charge in [-0.15, -0.1) is 11.3 Å². The fraction of sp³-hybridized carbons (Fsp3) is 0.267. The lowest BCUT2D eigenvalue weighted by molar-refractivity contribution is -0.137. The number of carbonyl (C=O) groups is 2. The molecule has 2 aromatic rings. The molecule has 22 heavy (non-hydrogen) atoms. The highest BCUT2D eigenvalue weighted by Crippen LogP contribution is 2.27. The van der Waals surface area contributed by atoms with Crippen molar-refractivity contribution in [2.75, 3.05) is 20.2 Å². The first-order valence-electron chi connectivity index (χ1n) is 6.66. The van der Waals surface area contributed by atoms with Crippen LogP contribution in [-0.2, 0) is 4.79 Å². The van der Waals surface area contributed by atoms with Gasteiger partial charge in [-0.1, -0.05) is 0 Å². The van der Waals surface area contributed by atoms with Crippen LogP contribution in [0.25, 0.3) is 10.6 Å². The summed E-state index contributed by atoms with van der Waals surface area (Å²) in [7, 11) is 1.59. The molecule has 0 aliphatic rings. The van der Waals surface area contributed by atoms with E-state index in [0.717, 1.165) is 11.3 Å². The molecule has 0 saturated heterocycles. The Labute approximate surface area is 132 Å². The fourth-order valence-corrected chi connectivity index (χ4v) is 2.78. The van der Waals surface area contributed by atoms with Crippen molar-refractivity contribution in [1.29, 1.82) is 0 Å². The highest BCUT2D eigenvalue weighted by Gasteiger charge is 2.19. The zero-order valence-corrected chi connectivity index (χ0v) is 13.1. The first-order valence-corrected chi connectivity index (χ1v) is 7.48. The molecule has 7 heteroatoms. The van der Waals surface area contributed by atoms with Crippen LogP contribution in [0.1, 0.15) is 16.6 Å². The molecular formula is C15H16N2O4S. The van der Waals surface area contributed by atoms with E-state index in [1.807, 2.05) is 24.3 Å². The lowest BCUT2D eigenvalue weighted by Crippen LogP contribution is -2.34. The van der Waals surface area contributed by atoms with Gasteiger partial charge in [-0.3, -0.25) is 9.59 Å². The van der Waals surface area contributed by atoms with Gasteiger partial charge in [-0.05, 0) is 31.2 Å². The number of rotatable bonds is 6. The van der Waals surface area contributed by atoms with Gasteiger partial charge in [0, 0.05) is 12.1 Å². The van der Waals surface area contributed by atoms with Crippen LogP contribution in [-0.4, -0.2) is 47.1 Å². The number of aromatic nitrogens is 1. The second-order valence-electron chi connectivity index (χ2n) is 4.47. The average Bonchev–Trinajstić information content (AvgIpc) is 3.01. The number of methoxy groups -OCH3 is 1. The minimum absolute atomic E-state index is 0.314. The Morgan fingerprint density at radius 3 is 2.55 bits per heavy atom. The third-order valence-corrected chi connectivity index (χ3v) is 4.08. The van der Waals surface area contributed by atoms with Crippen molar-refractivity contribution in [2.45, 2.75) is 6.92 Å². The maximum atomic E-state index is 12.3. The summed E-state index contributed by atoms with van der Waals surface area (Å²) in [5.41, 5.74) is 0.881. The number of thiazole rings is 1. The molecule has 0 radical (unpaired) electrons. The minimum Gasteiger partial charge on any atom is -0.497 e. The first kappa shape index (κ1) is 16.0. The molecule has 1 amide bonds. The molecule has 0 saturated carbocycles. The number of aliphatic carboxylic acids is 1. The highest BCUT2D eigenvalue weighted by molar-refractivity contribution is 7.16. The minimum atomic E-state index is -1.03. The van der Waals surface area contributed by atoms with E-state index in [0.29, 0.717) is 16.4 Å². The number of nitrogens with zero attached hydrogens (tertiary/aromatic N) is 2. The molecule has 1 aromatic carbocycles. The Hall–Kier alpha value is -2.41. The van der Waals surface area contributed by atoms with Crippen LogP contribution in [0.3, 0.4) is 0 Å². The Bertz CT molecular complexity index is 666. The second kappa shape index (κ2) is 7.04. The molecule has 0 spiro atoms. The van der Waals surface area contributed by atoms with Crippen LogP contribution < -0.4 is 4.74 Å². The van der Waals surface area contributed by atoms with Crippen molar-refractivity contribution in [3.63, 3.8) is 0 Å². The molecule has 0 atom stereocenters. The quantitative estimate of drug-likeness (QED) is 0.884. The maximum Gasteiger partial charge on any atom is 0.323 e. The number of hydrogen-bond acceptors (Lipinski definition) is 5. The van der Waals surface area contributed by atoms with Gasteiger partial charge < -0.3 is 14.7 Å². The summed E-state index contributed by atoms with van der Waals surface area (Å²) in [6.45, 7) is 1.76. The Morgan fingerprint density at radius 2 is 2.00 bits per heavy atom. The number of likely N-dealkylation sites (N-methyl/N-ethyl adjacent to an activating group) is 1. The molecule has 1 N–H and O–H groups in total. The number of carboxylic acids is 1. The first-order chi connectivity index (χ1) is 10.5. The number of amides is 1. The van der Waals surface area contributed by atoms with Crippen molar-refractivity contribution in [3.05, 3.63) is 35.3 Å². The lowest BCUT2D eigenvalue weighted by atomic mass is 10.2. The molecule has 1 heterocycles. The van der Waals surface area contributed by atoms with Gasteiger partial charge in [0.2, 0.25) is 0 Å². The Morgan fingerprint density at radius 1 is 1.32 bits per heavy atom. The molecule has 116 valence electrons. The standard InChI is InChI=1S/C15H16N2O4S/c1-3-17(9-13(18)19)15(20)12-8-16-14(22-12)10-4-6-11(21-2)7-5-10/h4-8H,3,9H2,1-2H3,(H,18,19). The molecule has 1 aromatic heterocycles. The van der Waals surface area contributed by atoms with E-state index in [2.05, 4.69) is 4.98 Å². The maximum absolute atomic E-state index is 12.3. The smallest absolute Gasteiger partial charge is 0.323 e. The van der Waals surface area contributed by atoms with Crippen molar-refractivity contribution in [3.8, 4) is 16.3 Å². The summed E-state index contributed by atoms with van der Waals surface area (Å²) in [6, 6.07) is 7.36. The number of benzene rings is 1. The van der Waals surface area contributed by atoms with Crippen molar-refractivity contribution in [2.24, 2.45) is 0 Å². The van der Waals surface area contributed by atoms with E-state index in [9.17, 15) is 9.59 Å². The molecule has 6 nitrogen and oxygen atoms in total. The molecular weight excluding hydrogens is 304 g/mol. The molecule has 0 aliphatic heterocycles. The van der Waals surface area contributed by atoms with Gasteiger partial charge in [0.15, 0.2) is 0 Å². The summed E-state index contributed by atoms with van der Waals surface area (Å²) in [6.07, 6.45) is 1.48. The van der Waals surface area contributed by atoms with E-state index in [1.54, 1.807) is 14.0 Å². The lowest BCUT2D eigenvalue weighted by Gasteiger charge is -2.16. The van der Waals surface area contributed by atoms with Crippen molar-refractivity contribution in [1.82, 2.24) is 9.88 Å². The molecule has 0 bridgehead atoms. The van der Waals surface area contributed by atoms with Gasteiger partial charge in [0.25, 0.3) is 5.91 Å². The van der Waals surface area contributed by atoms with Gasteiger partial charge >= 0.3 is 5.97 Å². The summed E-state index contributed by atoms with van der Waals surface area (Å²) in [5, 5.41) is 9.53. The van der Waals surface area contributed by atoms with Gasteiger partial charge in [0.05, 0.1) is 13.3 Å². The largest absolute Gasteiger partial charge is 0.497 e. The van der Waals surface area contributed by atoms with Crippen LogP contribution in [0.15, 0.2) is 30.5 Å². The van der Waals surface area contributed by atoms with Crippen LogP contribution in [0.5, 0.6) is 5.75 Å². The fourth-order valence-electron chi connectivity index (χ4n) is 1.89. The van der Waals surface area contributed by atoms with Crippen molar-refractivity contribution < 1.29 is 19.4 Å². The normalized spacial score (nSPS) is 10.3. The van der Waals surface area contributed by atoms with E-state index >= 15 is 0 Å². The predicted octanol–water partition coefficient (Wildman–Crippen LogP) is 2.37. The van der Waals surface area contributed by atoms with E-state index < -0.39 is 5.97 Å². The second-order valence-corrected chi connectivity index (χ2v) is 5.50. The van der Waals surface area contributed by atoms with Crippen LogP contribution in [0.4, 0.5) is 0 Å². The van der Waals surface area contributed by atoms with Crippen molar-refractivity contribution >= 4 is 23.2 Å². The topological polar surface area (TPSA) is 79.7 Å². The average molecular weight is 320 g/mol. The van der Waals surface area contributed by atoms with Crippen LogP contribution in [0, 0.1) is 0 Å². The zero-order chi connectivity index (χ0) is 16.1. The number of hydrogen-bond donors (Lipinski definition) is 1. The Kier molecular flexibility index (Phi) is 5.11. The van der Waals surface area contributed by atoms with E-state index in [1.165, 1.54) is 22.4 Å². The summed E-state index contributed by atoms with van der Waals surface area (Å²) in [5.74, 6) is -0.604. The molecule has 2 rings (SSSR count). The summed E-state index contributed by atoms with van der Waals surface area (Å²) >= 11 is 1.24. The van der Waals surface area contributed by atoms with Crippen LogP contribution in [0.2, 0.25) is 0 Å². The number of carbonyl (C=O) groups excluding carboxylic acids is 1. The van der Waals surface area contributed by atoms with E-state index in [-0.39, 0.29) is 12.5 Å². The van der Waals surface area contributed by atoms with Gasteiger partial charge in [-0.2, -0.15) is 0 Å². The molecule has 0 aliphatic carbocycles. The monoisotopic (exact) mass is 320 g/mol. The number of ether oxygens (including phenoxy) is 1.